The average molecular weight is 441 g/mol. The van der Waals surface area contributed by atoms with Gasteiger partial charge in [0.05, 0.1) is 11.1 Å². The van der Waals surface area contributed by atoms with Gasteiger partial charge in [0.1, 0.15) is 4.83 Å². The van der Waals surface area contributed by atoms with Crippen molar-refractivity contribution in [1.82, 2.24) is 9.55 Å². The molecule has 152 valence electrons. The SMILES string of the molecule is Cc1sc2nc(SCc3ccccc3)n(-c3ccccc3)c(=O)c2c1-c1ccccc1. The van der Waals surface area contributed by atoms with Gasteiger partial charge in [-0.05, 0) is 30.2 Å². The van der Waals surface area contributed by atoms with Gasteiger partial charge in [-0.3, -0.25) is 9.36 Å². The van der Waals surface area contributed by atoms with Crippen molar-refractivity contribution in [1.29, 1.82) is 0 Å². The van der Waals surface area contributed by atoms with Gasteiger partial charge in [-0.2, -0.15) is 0 Å². The minimum absolute atomic E-state index is 0.0186. The third-order valence-electron chi connectivity index (χ3n) is 5.16. The molecule has 2 aromatic heterocycles. The lowest BCUT2D eigenvalue weighted by molar-refractivity contribution is 0.822. The minimum atomic E-state index is -0.0186. The van der Waals surface area contributed by atoms with Crippen LogP contribution in [0.25, 0.3) is 27.0 Å². The molecule has 3 nitrogen and oxygen atoms in total. The van der Waals surface area contributed by atoms with Crippen LogP contribution >= 0.6 is 23.1 Å². The van der Waals surface area contributed by atoms with Crippen LogP contribution in [0.1, 0.15) is 10.4 Å². The summed E-state index contributed by atoms with van der Waals surface area (Å²) in [7, 11) is 0. The van der Waals surface area contributed by atoms with E-state index in [0.717, 1.165) is 32.3 Å². The lowest BCUT2D eigenvalue weighted by Gasteiger charge is -2.13. The van der Waals surface area contributed by atoms with Gasteiger partial charge in [0.2, 0.25) is 0 Å². The summed E-state index contributed by atoms with van der Waals surface area (Å²) in [5.41, 5.74) is 4.06. The molecular formula is C26H20N2OS2. The predicted octanol–water partition coefficient (Wildman–Crippen LogP) is 6.71. The summed E-state index contributed by atoms with van der Waals surface area (Å²) in [6.45, 7) is 2.07. The second-order valence-corrected chi connectivity index (χ2v) is 9.37. The molecule has 0 spiro atoms. The smallest absolute Gasteiger partial charge is 0.268 e. The Kier molecular flexibility index (Phi) is 5.45. The van der Waals surface area contributed by atoms with Crippen LogP contribution in [0.5, 0.6) is 0 Å². The first-order chi connectivity index (χ1) is 15.2. The number of hydrogen-bond acceptors (Lipinski definition) is 4. The van der Waals surface area contributed by atoms with E-state index in [0.29, 0.717) is 10.5 Å². The molecule has 31 heavy (non-hydrogen) atoms. The van der Waals surface area contributed by atoms with Crippen molar-refractivity contribution in [3.05, 3.63) is 112 Å². The van der Waals surface area contributed by atoms with Crippen LogP contribution in [-0.2, 0) is 5.75 Å². The first-order valence-electron chi connectivity index (χ1n) is 10.1. The summed E-state index contributed by atoms with van der Waals surface area (Å²) in [6.07, 6.45) is 0. The highest BCUT2D eigenvalue weighted by Crippen LogP contribution is 2.37. The van der Waals surface area contributed by atoms with Crippen LogP contribution < -0.4 is 5.56 Å². The predicted molar refractivity (Wildman–Crippen MR) is 131 cm³/mol. The molecule has 0 fully saturated rings. The van der Waals surface area contributed by atoms with E-state index in [1.54, 1.807) is 27.7 Å². The Labute approximate surface area is 189 Å². The zero-order valence-corrected chi connectivity index (χ0v) is 18.6. The lowest BCUT2D eigenvalue weighted by Crippen LogP contribution is -2.21. The Hall–Kier alpha value is -3.15. The minimum Gasteiger partial charge on any atom is -0.268 e. The quantitative estimate of drug-likeness (QED) is 0.225. The van der Waals surface area contributed by atoms with Gasteiger partial charge in [-0.15, -0.1) is 11.3 Å². The average Bonchev–Trinajstić information content (AvgIpc) is 3.15. The van der Waals surface area contributed by atoms with Crippen LogP contribution in [0, 0.1) is 6.92 Å². The summed E-state index contributed by atoms with van der Waals surface area (Å²) >= 11 is 3.18. The molecule has 5 rings (SSSR count). The highest BCUT2D eigenvalue weighted by atomic mass is 32.2. The number of thiophene rings is 1. The zero-order valence-electron chi connectivity index (χ0n) is 17.0. The van der Waals surface area contributed by atoms with Gasteiger partial charge >= 0.3 is 0 Å². The number of thioether (sulfide) groups is 1. The number of hydrogen-bond donors (Lipinski definition) is 0. The van der Waals surface area contributed by atoms with Crippen LogP contribution in [0.15, 0.2) is 101 Å². The summed E-state index contributed by atoms with van der Waals surface area (Å²) < 4.78 is 1.76. The maximum Gasteiger partial charge on any atom is 0.268 e. The van der Waals surface area contributed by atoms with E-state index in [2.05, 4.69) is 31.2 Å². The molecule has 0 saturated heterocycles. The van der Waals surface area contributed by atoms with Crippen LogP contribution in [0.2, 0.25) is 0 Å². The Bertz CT molecular complexity index is 1390. The summed E-state index contributed by atoms with van der Waals surface area (Å²) in [4.78, 5) is 20.8. The molecule has 0 N–H and O–H groups in total. The highest BCUT2D eigenvalue weighted by molar-refractivity contribution is 7.98. The molecular weight excluding hydrogens is 420 g/mol. The largest absolute Gasteiger partial charge is 0.268 e. The van der Waals surface area contributed by atoms with Crippen LogP contribution in [-0.4, -0.2) is 9.55 Å². The van der Waals surface area contributed by atoms with E-state index in [9.17, 15) is 4.79 Å². The van der Waals surface area contributed by atoms with Crippen molar-refractivity contribution in [2.45, 2.75) is 17.8 Å². The second kappa shape index (κ2) is 8.53. The maximum absolute atomic E-state index is 13.9. The third kappa shape index (κ3) is 3.82. The van der Waals surface area contributed by atoms with E-state index in [1.165, 1.54) is 5.56 Å². The number of nitrogens with zero attached hydrogens (tertiary/aromatic N) is 2. The van der Waals surface area contributed by atoms with Gasteiger partial charge in [-0.1, -0.05) is 90.6 Å². The van der Waals surface area contributed by atoms with Crippen molar-refractivity contribution < 1.29 is 0 Å². The highest BCUT2D eigenvalue weighted by Gasteiger charge is 2.20. The molecule has 0 atom stereocenters. The number of rotatable bonds is 5. The summed E-state index contributed by atoms with van der Waals surface area (Å²) in [5.74, 6) is 0.752. The van der Waals surface area contributed by atoms with Gasteiger partial charge in [0, 0.05) is 16.2 Å². The molecule has 5 aromatic rings. The van der Waals surface area contributed by atoms with Gasteiger partial charge < -0.3 is 0 Å². The van der Waals surface area contributed by atoms with Crippen molar-refractivity contribution in [2.75, 3.05) is 0 Å². The molecule has 5 heteroatoms. The molecule has 0 unspecified atom stereocenters. The van der Waals surface area contributed by atoms with E-state index in [4.69, 9.17) is 4.98 Å². The normalized spacial score (nSPS) is 11.1. The van der Waals surface area contributed by atoms with Gasteiger partial charge in [-0.25, -0.2) is 4.98 Å². The van der Waals surface area contributed by atoms with E-state index >= 15 is 0 Å². The topological polar surface area (TPSA) is 34.9 Å². The Morgan fingerprint density at radius 3 is 2.16 bits per heavy atom. The van der Waals surface area contributed by atoms with E-state index < -0.39 is 0 Å². The van der Waals surface area contributed by atoms with Gasteiger partial charge in [0.25, 0.3) is 5.56 Å². The Morgan fingerprint density at radius 2 is 1.48 bits per heavy atom. The maximum atomic E-state index is 13.9. The lowest BCUT2D eigenvalue weighted by atomic mass is 10.0. The summed E-state index contributed by atoms with van der Waals surface area (Å²) in [5, 5.41) is 1.41. The van der Waals surface area contributed by atoms with Crippen molar-refractivity contribution in [3.63, 3.8) is 0 Å². The van der Waals surface area contributed by atoms with E-state index in [-0.39, 0.29) is 5.56 Å². The van der Waals surface area contributed by atoms with Crippen LogP contribution in [0.3, 0.4) is 0 Å². The molecule has 0 aliphatic heterocycles. The standard InChI is InChI=1S/C26H20N2OS2/c1-18-22(20-13-7-3-8-14-20)23-24(31-18)27-26(30-17-19-11-5-2-6-12-19)28(25(23)29)21-15-9-4-10-16-21/h2-16H,17H2,1H3. The first-order valence-corrected chi connectivity index (χ1v) is 11.9. The molecule has 0 bridgehead atoms. The number of para-hydroxylation sites is 1. The summed E-state index contributed by atoms with van der Waals surface area (Å²) in [6, 6.07) is 30.2. The Balaban J connectivity index is 1.72. The number of aryl methyl sites for hydroxylation is 1. The fourth-order valence-electron chi connectivity index (χ4n) is 3.72. The van der Waals surface area contributed by atoms with Gasteiger partial charge in [0.15, 0.2) is 5.16 Å². The molecule has 0 aliphatic carbocycles. The molecule has 2 heterocycles. The fraction of sp³-hybridized carbons (Fsp3) is 0.0769. The molecule has 0 saturated carbocycles. The molecule has 0 amide bonds. The monoisotopic (exact) mass is 440 g/mol. The van der Waals surface area contributed by atoms with E-state index in [1.807, 2.05) is 66.7 Å². The van der Waals surface area contributed by atoms with Crippen LogP contribution in [0.4, 0.5) is 0 Å². The number of fused-ring (bicyclic) bond motifs is 1. The second-order valence-electron chi connectivity index (χ2n) is 7.22. The van der Waals surface area contributed by atoms with Crippen molar-refractivity contribution >= 4 is 33.3 Å². The zero-order chi connectivity index (χ0) is 21.2. The molecule has 0 radical (unpaired) electrons. The number of aromatic nitrogens is 2. The molecule has 0 aliphatic rings. The van der Waals surface area contributed by atoms with Crippen molar-refractivity contribution in [3.8, 4) is 16.8 Å². The first kappa shape index (κ1) is 19.8. The third-order valence-corrected chi connectivity index (χ3v) is 7.17. The number of benzene rings is 3. The van der Waals surface area contributed by atoms with Crippen molar-refractivity contribution in [2.24, 2.45) is 0 Å². The molecule has 3 aromatic carbocycles. The Morgan fingerprint density at radius 1 is 0.871 bits per heavy atom. The fourth-order valence-corrected chi connectivity index (χ4v) is 5.77.